The number of nitrogens with one attached hydrogen (secondary N) is 3. The molecule has 0 radical (unpaired) electrons. The SMILES string of the molecule is Cn1c(=O)n(C2CCC(=O)NC2=O)c2ccc([C@H]3CCN(CC(=O)Nc4ccc5c(F)c(N6CC(=O)NS6(=O)=O)c(O)cc5c4)C[C@@H]3F)cc21. The quantitative estimate of drug-likeness (QED) is 0.213. The van der Waals surface area contributed by atoms with Crippen LogP contribution < -0.4 is 25.4 Å². The van der Waals surface area contributed by atoms with E-state index in [2.05, 4.69) is 10.6 Å². The Morgan fingerprint density at radius 3 is 2.52 bits per heavy atom. The highest BCUT2D eigenvalue weighted by Gasteiger charge is 2.38. The first-order valence-corrected chi connectivity index (χ1v) is 17.1. The van der Waals surface area contributed by atoms with E-state index in [9.17, 15) is 37.5 Å². The van der Waals surface area contributed by atoms with Crippen molar-refractivity contribution in [2.24, 2.45) is 7.05 Å². The number of hydrogen-bond acceptors (Lipinski definition) is 9. The summed E-state index contributed by atoms with van der Waals surface area (Å²) >= 11 is 0. The van der Waals surface area contributed by atoms with E-state index in [-0.39, 0.29) is 48.3 Å². The molecule has 3 saturated heterocycles. The number of benzene rings is 3. The number of nitrogens with zero attached hydrogens (tertiary/aromatic N) is 4. The molecule has 1 unspecified atom stereocenters. The molecular weight excluding hydrogens is 680 g/mol. The fourth-order valence-electron chi connectivity index (χ4n) is 7.03. The Balaban J connectivity index is 1.02. The Bertz CT molecular complexity index is 2310. The third-order valence-corrected chi connectivity index (χ3v) is 10.8. The van der Waals surface area contributed by atoms with Crippen LogP contribution in [0.25, 0.3) is 21.8 Å². The molecule has 50 heavy (non-hydrogen) atoms. The summed E-state index contributed by atoms with van der Waals surface area (Å²) in [7, 11) is -2.80. The smallest absolute Gasteiger partial charge is 0.329 e. The Kier molecular flexibility index (Phi) is 8.09. The lowest BCUT2D eigenvalue weighted by Gasteiger charge is -2.34. The van der Waals surface area contributed by atoms with Crippen molar-refractivity contribution in [2.45, 2.75) is 37.4 Å². The minimum atomic E-state index is -4.37. The zero-order valence-electron chi connectivity index (χ0n) is 26.5. The number of aryl methyl sites for hydroxylation is 1. The number of rotatable bonds is 6. The second-order valence-corrected chi connectivity index (χ2v) is 14.2. The maximum atomic E-state index is 15.6. The van der Waals surface area contributed by atoms with Gasteiger partial charge in [0.25, 0.3) is 5.91 Å². The van der Waals surface area contributed by atoms with Crippen LogP contribution in [0.15, 0.2) is 47.3 Å². The van der Waals surface area contributed by atoms with Crippen molar-refractivity contribution < 1.29 is 41.5 Å². The number of imidazole rings is 1. The van der Waals surface area contributed by atoms with Crippen molar-refractivity contribution in [3.63, 3.8) is 0 Å². The number of carbonyl (C=O) groups excluding carboxylic acids is 4. The summed E-state index contributed by atoms with van der Waals surface area (Å²) in [6, 6.07) is 9.53. The largest absolute Gasteiger partial charge is 0.506 e. The number of imide groups is 1. The number of halogens is 2. The van der Waals surface area contributed by atoms with Gasteiger partial charge in [0.2, 0.25) is 17.7 Å². The van der Waals surface area contributed by atoms with Crippen LogP contribution in [0.3, 0.4) is 0 Å². The third kappa shape index (κ3) is 5.73. The standard InChI is InChI=1S/C32H31F2N7O8S/c1-38-24-11-16(2-5-22(24)41(32(38)47)23-6-7-26(43)36-31(23)46)19-8-9-39(13-21(19)33)14-27(44)35-18-3-4-20-17(10-18)12-25(42)30(29(20)34)40-15-28(45)37-50(40,48)49/h2-5,10-12,19,21,23,42H,6-9,13-15H2,1H3,(H,35,44)(H,37,45)(H,36,43,46)/t19-,21+,23?/m1/s1. The van der Waals surface area contributed by atoms with Crippen LogP contribution in [0, 0.1) is 5.82 Å². The van der Waals surface area contributed by atoms with Crippen LogP contribution in [-0.2, 0) is 36.4 Å². The first-order valence-electron chi connectivity index (χ1n) is 15.7. The molecule has 3 fully saturated rings. The van der Waals surface area contributed by atoms with Gasteiger partial charge in [0.05, 0.1) is 17.6 Å². The summed E-state index contributed by atoms with van der Waals surface area (Å²) in [6.45, 7) is -0.480. The molecule has 4 aromatic rings. The fraction of sp³-hybridized carbons (Fsp3) is 0.344. The van der Waals surface area contributed by atoms with Gasteiger partial charge in [-0.2, -0.15) is 8.42 Å². The van der Waals surface area contributed by atoms with Crippen molar-refractivity contribution in [1.29, 1.82) is 0 Å². The Morgan fingerprint density at radius 2 is 1.82 bits per heavy atom. The lowest BCUT2D eigenvalue weighted by Crippen LogP contribution is -2.44. The molecule has 3 aliphatic rings. The first kappa shape index (κ1) is 33.2. The number of anilines is 2. The maximum Gasteiger partial charge on any atom is 0.329 e. The number of aromatic nitrogens is 2. The number of likely N-dealkylation sites (tertiary alicyclic amines) is 1. The monoisotopic (exact) mass is 711 g/mol. The lowest BCUT2D eigenvalue weighted by molar-refractivity contribution is -0.135. The zero-order valence-corrected chi connectivity index (χ0v) is 27.3. The summed E-state index contributed by atoms with van der Waals surface area (Å²) in [5.74, 6) is -4.57. The first-order chi connectivity index (χ1) is 23.7. The highest BCUT2D eigenvalue weighted by Crippen LogP contribution is 2.39. The van der Waals surface area contributed by atoms with Gasteiger partial charge in [0, 0.05) is 37.0 Å². The molecule has 18 heteroatoms. The fourth-order valence-corrected chi connectivity index (χ4v) is 8.19. The molecule has 0 aliphatic carbocycles. The number of phenolic OH excluding ortho intramolecular Hbond substituents is 1. The number of carbonyl (C=O) groups is 4. The molecule has 1 aromatic heterocycles. The van der Waals surface area contributed by atoms with Crippen LogP contribution in [0.4, 0.5) is 20.2 Å². The van der Waals surface area contributed by atoms with Crippen molar-refractivity contribution in [1.82, 2.24) is 24.1 Å². The van der Waals surface area contributed by atoms with Crippen molar-refractivity contribution in [2.75, 3.05) is 35.8 Å². The molecule has 15 nitrogen and oxygen atoms in total. The van der Waals surface area contributed by atoms with E-state index in [1.165, 1.54) is 27.3 Å². The summed E-state index contributed by atoms with van der Waals surface area (Å²) < 4.78 is 60.4. The molecule has 4 amide bonds. The van der Waals surface area contributed by atoms with Gasteiger partial charge in [0.15, 0.2) is 5.82 Å². The highest BCUT2D eigenvalue weighted by atomic mass is 32.2. The van der Waals surface area contributed by atoms with Gasteiger partial charge < -0.3 is 10.4 Å². The molecular formula is C32H31F2N7O8S. The Hall–Kier alpha value is -5.36. The van der Waals surface area contributed by atoms with Crippen LogP contribution in [0.5, 0.6) is 5.75 Å². The molecule has 3 aromatic carbocycles. The lowest BCUT2D eigenvalue weighted by atomic mass is 9.87. The Labute approximate surface area is 282 Å². The number of hydrogen-bond donors (Lipinski definition) is 4. The molecule has 0 saturated carbocycles. The average molecular weight is 712 g/mol. The van der Waals surface area contributed by atoms with E-state index >= 15 is 8.78 Å². The van der Waals surface area contributed by atoms with Crippen molar-refractivity contribution in [3.05, 3.63) is 64.3 Å². The van der Waals surface area contributed by atoms with E-state index in [0.29, 0.717) is 33.9 Å². The molecule has 0 bridgehead atoms. The molecule has 3 atom stereocenters. The predicted octanol–water partition coefficient (Wildman–Crippen LogP) is 1.26. The van der Waals surface area contributed by atoms with Gasteiger partial charge in [-0.1, -0.05) is 6.07 Å². The number of aromatic hydroxyl groups is 1. The second kappa shape index (κ2) is 12.2. The van der Waals surface area contributed by atoms with Gasteiger partial charge in [0.1, 0.15) is 30.2 Å². The van der Waals surface area contributed by atoms with Gasteiger partial charge >= 0.3 is 15.9 Å². The van der Waals surface area contributed by atoms with Gasteiger partial charge in [-0.25, -0.2) is 22.6 Å². The summed E-state index contributed by atoms with van der Waals surface area (Å²) in [4.78, 5) is 63.4. The zero-order chi connectivity index (χ0) is 35.6. The van der Waals surface area contributed by atoms with E-state index in [0.717, 1.165) is 6.07 Å². The highest BCUT2D eigenvalue weighted by molar-refractivity contribution is 7.92. The van der Waals surface area contributed by atoms with Crippen LogP contribution in [0.1, 0.15) is 36.8 Å². The third-order valence-electron chi connectivity index (χ3n) is 9.44. The average Bonchev–Trinajstić information content (AvgIpc) is 3.45. The van der Waals surface area contributed by atoms with E-state index < -0.39 is 75.6 Å². The number of alkyl halides is 1. The molecule has 262 valence electrons. The van der Waals surface area contributed by atoms with Crippen LogP contribution >= 0.6 is 0 Å². The van der Waals surface area contributed by atoms with Gasteiger partial charge in [-0.3, -0.25) is 38.5 Å². The minimum Gasteiger partial charge on any atom is -0.506 e. The molecule has 4 heterocycles. The molecule has 3 aliphatic heterocycles. The van der Waals surface area contributed by atoms with E-state index in [1.54, 1.807) is 34.9 Å². The van der Waals surface area contributed by atoms with Crippen molar-refractivity contribution in [3.8, 4) is 5.75 Å². The maximum absolute atomic E-state index is 15.6. The van der Waals surface area contributed by atoms with Crippen LogP contribution in [-0.4, -0.2) is 83.5 Å². The number of phenols is 1. The summed E-state index contributed by atoms with van der Waals surface area (Å²) in [5.41, 5.74) is 0.862. The number of amides is 4. The normalized spacial score (nSPS) is 22.6. The van der Waals surface area contributed by atoms with Gasteiger partial charge in [-0.05, 0) is 66.7 Å². The minimum absolute atomic E-state index is 0.0390. The molecule has 4 N–H and O–H groups in total. The van der Waals surface area contributed by atoms with Crippen molar-refractivity contribution >= 4 is 67.0 Å². The molecule has 0 spiro atoms. The summed E-state index contributed by atoms with van der Waals surface area (Å²) in [5, 5.41) is 15.5. The number of fused-ring (bicyclic) bond motifs is 2. The van der Waals surface area contributed by atoms with Gasteiger partial charge in [-0.15, -0.1) is 0 Å². The van der Waals surface area contributed by atoms with E-state index in [4.69, 9.17) is 0 Å². The topological polar surface area (TPSA) is 192 Å². The second-order valence-electron chi connectivity index (χ2n) is 12.7. The van der Waals surface area contributed by atoms with E-state index in [1.807, 2.05) is 0 Å². The van der Waals surface area contributed by atoms with Crippen LogP contribution in [0.2, 0.25) is 0 Å². The molecule has 7 rings (SSSR count). The summed E-state index contributed by atoms with van der Waals surface area (Å²) in [6.07, 6.45) is -0.646. The Morgan fingerprint density at radius 1 is 1.04 bits per heavy atom. The predicted molar refractivity (Wildman–Crippen MR) is 176 cm³/mol. The number of piperidine rings is 2.